The molecule has 4 heterocycles. The van der Waals surface area contributed by atoms with Crippen LogP contribution in [0.1, 0.15) is 18.4 Å². The zero-order valence-corrected chi connectivity index (χ0v) is 18.6. The number of benzene rings is 1. The number of aryl methyl sites for hydroxylation is 1. The third-order valence-electron chi connectivity index (χ3n) is 5.75. The number of pyridine rings is 2. The van der Waals surface area contributed by atoms with Crippen LogP contribution < -0.4 is 10.2 Å². The Balaban J connectivity index is 1.29. The highest BCUT2D eigenvalue weighted by Crippen LogP contribution is 2.27. The van der Waals surface area contributed by atoms with Gasteiger partial charge in [0.2, 0.25) is 5.91 Å². The Labute approximate surface area is 190 Å². The Morgan fingerprint density at radius 2 is 1.94 bits per heavy atom. The van der Waals surface area contributed by atoms with E-state index in [0.29, 0.717) is 5.82 Å². The molecule has 1 fully saturated rings. The Morgan fingerprint density at radius 1 is 1.06 bits per heavy atom. The Hall–Kier alpha value is -3.58. The molecule has 160 valence electrons. The topological polar surface area (TPSA) is 71.0 Å². The molecule has 0 saturated carbocycles. The predicted octanol–water partition coefficient (Wildman–Crippen LogP) is 5.23. The number of amides is 1. The molecule has 0 unspecified atom stereocenters. The van der Waals surface area contributed by atoms with Gasteiger partial charge in [-0.15, -0.1) is 11.3 Å². The van der Waals surface area contributed by atoms with Gasteiger partial charge in [0.05, 0.1) is 0 Å². The number of fused-ring (bicyclic) bond motifs is 1. The van der Waals surface area contributed by atoms with Gasteiger partial charge >= 0.3 is 0 Å². The standard InChI is InChI=1S/C25H23N5OS/c1-17-4-7-26-16-22(17)19-2-3-20-15-28-23(14-21(20)13-19)29-24(31)12-18-5-9-30(10-6-18)25-27-8-11-32-25/h2-4,7-8,11-16H,5-6,9-10H2,1H3,(H,28,29,31). The van der Waals surface area contributed by atoms with E-state index in [-0.39, 0.29) is 5.91 Å². The highest BCUT2D eigenvalue weighted by molar-refractivity contribution is 7.13. The molecule has 0 spiro atoms. The first-order chi connectivity index (χ1) is 15.7. The van der Waals surface area contributed by atoms with Crippen LogP contribution in [-0.4, -0.2) is 33.9 Å². The number of nitrogens with one attached hydrogen (secondary N) is 1. The molecule has 1 N–H and O–H groups in total. The van der Waals surface area contributed by atoms with Crippen LogP contribution in [0.25, 0.3) is 21.9 Å². The molecule has 3 aromatic heterocycles. The Kier molecular flexibility index (Phi) is 5.64. The summed E-state index contributed by atoms with van der Waals surface area (Å²) >= 11 is 1.65. The van der Waals surface area contributed by atoms with E-state index in [9.17, 15) is 4.79 Å². The molecule has 0 aliphatic carbocycles. The lowest BCUT2D eigenvalue weighted by Gasteiger charge is -2.27. The predicted molar refractivity (Wildman–Crippen MR) is 130 cm³/mol. The molecule has 1 aromatic carbocycles. The monoisotopic (exact) mass is 441 g/mol. The summed E-state index contributed by atoms with van der Waals surface area (Å²) in [6.45, 7) is 3.85. The molecule has 32 heavy (non-hydrogen) atoms. The van der Waals surface area contributed by atoms with Crippen LogP contribution in [0.5, 0.6) is 0 Å². The highest BCUT2D eigenvalue weighted by Gasteiger charge is 2.17. The number of piperidine rings is 1. The summed E-state index contributed by atoms with van der Waals surface area (Å²) in [6.07, 6.45) is 10.8. The minimum Gasteiger partial charge on any atom is -0.347 e. The number of aromatic nitrogens is 3. The average molecular weight is 442 g/mol. The molecular weight excluding hydrogens is 418 g/mol. The van der Waals surface area contributed by atoms with Crippen molar-refractivity contribution < 1.29 is 4.79 Å². The van der Waals surface area contributed by atoms with Gasteiger partial charge in [0.15, 0.2) is 5.13 Å². The first kappa shape index (κ1) is 20.3. The van der Waals surface area contributed by atoms with E-state index in [1.807, 2.05) is 36.0 Å². The minimum atomic E-state index is -0.131. The first-order valence-electron chi connectivity index (χ1n) is 10.6. The van der Waals surface area contributed by atoms with E-state index in [1.165, 1.54) is 5.56 Å². The van der Waals surface area contributed by atoms with Crippen LogP contribution in [0.2, 0.25) is 0 Å². The van der Waals surface area contributed by atoms with Crippen molar-refractivity contribution in [3.63, 3.8) is 0 Å². The molecular formula is C25H23N5OS. The van der Waals surface area contributed by atoms with Gasteiger partial charge in [-0.25, -0.2) is 9.97 Å². The van der Waals surface area contributed by atoms with Crippen LogP contribution in [0.4, 0.5) is 10.9 Å². The Bertz CT molecular complexity index is 1290. The van der Waals surface area contributed by atoms with Crippen LogP contribution in [0.15, 0.2) is 72.1 Å². The molecule has 1 aliphatic rings. The number of anilines is 2. The normalized spacial score (nSPS) is 13.9. The van der Waals surface area contributed by atoms with E-state index in [0.717, 1.165) is 58.5 Å². The second kappa shape index (κ2) is 8.88. The maximum atomic E-state index is 12.6. The van der Waals surface area contributed by atoms with Crippen LogP contribution in [-0.2, 0) is 4.79 Å². The molecule has 0 bridgehead atoms. The molecule has 1 aliphatic heterocycles. The number of rotatable bonds is 4. The third-order valence-corrected chi connectivity index (χ3v) is 6.59. The van der Waals surface area contributed by atoms with Crippen molar-refractivity contribution in [3.8, 4) is 11.1 Å². The summed E-state index contributed by atoms with van der Waals surface area (Å²) in [5, 5.41) is 8.03. The zero-order chi connectivity index (χ0) is 21.9. The summed E-state index contributed by atoms with van der Waals surface area (Å²) in [4.78, 5) is 27.9. The Morgan fingerprint density at radius 3 is 2.72 bits per heavy atom. The third kappa shape index (κ3) is 4.38. The maximum Gasteiger partial charge on any atom is 0.249 e. The zero-order valence-electron chi connectivity index (χ0n) is 17.8. The van der Waals surface area contributed by atoms with Crippen LogP contribution in [0.3, 0.4) is 0 Å². The van der Waals surface area contributed by atoms with Crippen molar-refractivity contribution in [2.45, 2.75) is 19.8 Å². The van der Waals surface area contributed by atoms with Crippen molar-refractivity contribution in [2.24, 2.45) is 0 Å². The summed E-state index contributed by atoms with van der Waals surface area (Å²) in [5.41, 5.74) is 4.53. The van der Waals surface area contributed by atoms with E-state index < -0.39 is 0 Å². The highest BCUT2D eigenvalue weighted by atomic mass is 32.1. The lowest BCUT2D eigenvalue weighted by atomic mass is 10.0. The van der Waals surface area contributed by atoms with Gasteiger partial charge in [0, 0.05) is 60.3 Å². The fraction of sp³-hybridized carbons (Fsp3) is 0.200. The summed E-state index contributed by atoms with van der Waals surface area (Å²) < 4.78 is 0. The van der Waals surface area contributed by atoms with Crippen molar-refractivity contribution in [1.82, 2.24) is 15.0 Å². The van der Waals surface area contributed by atoms with Gasteiger partial charge in [-0.3, -0.25) is 9.78 Å². The second-order valence-corrected chi connectivity index (χ2v) is 8.79. The van der Waals surface area contributed by atoms with Crippen LogP contribution >= 0.6 is 11.3 Å². The average Bonchev–Trinajstić information content (AvgIpc) is 3.34. The minimum absolute atomic E-state index is 0.131. The number of hydrogen-bond donors (Lipinski definition) is 1. The number of carbonyl (C=O) groups is 1. The molecule has 4 aromatic rings. The number of thiazole rings is 1. The van der Waals surface area contributed by atoms with Gasteiger partial charge in [0.1, 0.15) is 5.82 Å². The molecule has 7 heteroatoms. The smallest absolute Gasteiger partial charge is 0.249 e. The second-order valence-electron chi connectivity index (χ2n) is 7.92. The fourth-order valence-electron chi connectivity index (χ4n) is 3.99. The molecule has 1 saturated heterocycles. The van der Waals surface area contributed by atoms with Gasteiger partial charge in [-0.1, -0.05) is 17.7 Å². The van der Waals surface area contributed by atoms with Gasteiger partial charge in [0.25, 0.3) is 0 Å². The number of carbonyl (C=O) groups excluding carboxylic acids is 1. The van der Waals surface area contributed by atoms with Gasteiger partial charge < -0.3 is 10.2 Å². The molecule has 0 atom stereocenters. The molecule has 5 rings (SSSR count). The summed E-state index contributed by atoms with van der Waals surface area (Å²) in [6, 6.07) is 10.2. The van der Waals surface area contributed by atoms with Crippen molar-refractivity contribution >= 4 is 39.0 Å². The maximum absolute atomic E-state index is 12.6. The quantitative estimate of drug-likeness (QED) is 0.439. The van der Waals surface area contributed by atoms with Crippen LogP contribution in [0, 0.1) is 6.92 Å². The van der Waals surface area contributed by atoms with Crippen molar-refractivity contribution in [2.75, 3.05) is 23.3 Å². The fourth-order valence-corrected chi connectivity index (χ4v) is 4.69. The van der Waals surface area contributed by atoms with E-state index >= 15 is 0 Å². The van der Waals surface area contributed by atoms with Gasteiger partial charge in [-0.2, -0.15) is 0 Å². The van der Waals surface area contributed by atoms with E-state index in [2.05, 4.69) is 44.2 Å². The van der Waals surface area contributed by atoms with E-state index in [4.69, 9.17) is 0 Å². The number of hydrogen-bond acceptors (Lipinski definition) is 6. The largest absolute Gasteiger partial charge is 0.347 e. The lowest BCUT2D eigenvalue weighted by molar-refractivity contribution is -0.112. The molecule has 0 radical (unpaired) electrons. The SMILES string of the molecule is Cc1ccncc1-c1ccc2cnc(NC(=O)C=C3CCN(c4nccs4)CC3)cc2c1. The summed E-state index contributed by atoms with van der Waals surface area (Å²) in [7, 11) is 0. The molecule has 1 amide bonds. The van der Waals surface area contributed by atoms with Crippen molar-refractivity contribution in [1.29, 1.82) is 0 Å². The van der Waals surface area contributed by atoms with Crippen molar-refractivity contribution in [3.05, 3.63) is 77.7 Å². The number of nitrogens with zero attached hydrogens (tertiary/aromatic N) is 4. The van der Waals surface area contributed by atoms with Gasteiger partial charge in [-0.05, 0) is 54.5 Å². The van der Waals surface area contributed by atoms with E-state index in [1.54, 1.807) is 29.8 Å². The first-order valence-corrected chi connectivity index (χ1v) is 11.5. The molecule has 6 nitrogen and oxygen atoms in total. The lowest BCUT2D eigenvalue weighted by Crippen LogP contribution is -2.30. The summed E-state index contributed by atoms with van der Waals surface area (Å²) in [5.74, 6) is 0.424.